The van der Waals surface area contributed by atoms with E-state index in [1.54, 1.807) is 23.1 Å². The van der Waals surface area contributed by atoms with E-state index in [1.165, 1.54) is 0 Å². The Hall–Kier alpha value is -4.35. The molecule has 2 heterocycles. The Morgan fingerprint density at radius 1 is 0.771 bits per heavy atom. The zero-order valence-electron chi connectivity index (χ0n) is 18.4. The van der Waals surface area contributed by atoms with Crippen molar-refractivity contribution in [2.45, 2.75) is 6.04 Å². The van der Waals surface area contributed by atoms with Gasteiger partial charge in [-0.15, -0.1) is 0 Å². The predicted molar refractivity (Wildman–Crippen MR) is 136 cm³/mol. The first-order valence-corrected chi connectivity index (χ1v) is 11.5. The Labute approximate surface area is 205 Å². The highest BCUT2D eigenvalue weighted by Gasteiger charge is 2.43. The summed E-state index contributed by atoms with van der Waals surface area (Å²) in [5, 5.41) is 0.754. The van der Waals surface area contributed by atoms with Crippen molar-refractivity contribution in [1.82, 2.24) is 0 Å². The van der Waals surface area contributed by atoms with Crippen LogP contribution in [0.15, 0.2) is 112 Å². The van der Waals surface area contributed by atoms with Crippen LogP contribution in [0.5, 0.6) is 11.5 Å². The van der Waals surface area contributed by atoms with Crippen LogP contribution in [0.2, 0.25) is 5.02 Å². The van der Waals surface area contributed by atoms with Gasteiger partial charge in [-0.1, -0.05) is 60.1 Å². The first-order chi connectivity index (χ1) is 17.1. The first-order valence-electron chi connectivity index (χ1n) is 11.1. The molecule has 0 spiro atoms. The molecule has 0 saturated heterocycles. The van der Waals surface area contributed by atoms with E-state index in [9.17, 15) is 9.59 Å². The van der Waals surface area contributed by atoms with E-state index >= 15 is 0 Å². The van der Waals surface area contributed by atoms with E-state index in [0.717, 1.165) is 5.56 Å². The maximum absolute atomic E-state index is 13.7. The van der Waals surface area contributed by atoms with Gasteiger partial charge >= 0.3 is 0 Å². The largest absolute Gasteiger partial charge is 0.457 e. The molecule has 1 aliphatic rings. The van der Waals surface area contributed by atoms with Gasteiger partial charge in [0.1, 0.15) is 17.1 Å². The van der Waals surface area contributed by atoms with Crippen molar-refractivity contribution in [2.75, 3.05) is 4.90 Å². The van der Waals surface area contributed by atoms with E-state index in [4.69, 9.17) is 20.8 Å². The van der Waals surface area contributed by atoms with Gasteiger partial charge in [0, 0.05) is 10.7 Å². The average Bonchev–Trinajstić information content (AvgIpc) is 3.18. The number of hydrogen-bond donors (Lipinski definition) is 0. The summed E-state index contributed by atoms with van der Waals surface area (Å²) in [6.45, 7) is 0. The van der Waals surface area contributed by atoms with Crippen LogP contribution in [-0.2, 0) is 0 Å². The second-order valence-electron chi connectivity index (χ2n) is 8.22. The summed E-state index contributed by atoms with van der Waals surface area (Å²) in [6, 6.07) is 30.2. The number of amides is 1. The maximum atomic E-state index is 13.7. The molecule has 0 N–H and O–H groups in total. The summed E-state index contributed by atoms with van der Waals surface area (Å²) in [6.07, 6.45) is 0. The second kappa shape index (κ2) is 8.46. The number of ether oxygens (including phenoxy) is 1. The zero-order valence-corrected chi connectivity index (χ0v) is 19.1. The fraction of sp³-hybridized carbons (Fsp3) is 0.0345. The number of carbonyl (C=O) groups is 1. The quantitative estimate of drug-likeness (QED) is 0.279. The number of carbonyl (C=O) groups excluding carboxylic acids is 1. The monoisotopic (exact) mass is 479 g/mol. The number of fused-ring (bicyclic) bond motifs is 2. The lowest BCUT2D eigenvalue weighted by atomic mass is 9.98. The van der Waals surface area contributed by atoms with E-state index in [2.05, 4.69) is 0 Å². The van der Waals surface area contributed by atoms with Gasteiger partial charge < -0.3 is 9.15 Å². The van der Waals surface area contributed by atoms with Gasteiger partial charge in [-0.05, 0) is 60.2 Å². The summed E-state index contributed by atoms with van der Waals surface area (Å²) >= 11 is 6.17. The average molecular weight is 480 g/mol. The van der Waals surface area contributed by atoms with Gasteiger partial charge in [0.2, 0.25) is 5.76 Å². The standard InChI is InChI=1S/C29H18ClNO4/c30-19-14-15-24-23(17-19)27(32)25-26(31(29(33)28(25)35-24)20-9-3-1-4-10-20)18-8-7-13-22(16-18)34-21-11-5-2-6-12-21/h1-17,26H. The van der Waals surface area contributed by atoms with Gasteiger partial charge in [0.25, 0.3) is 5.91 Å². The number of hydrogen-bond acceptors (Lipinski definition) is 4. The molecule has 6 heteroatoms. The van der Waals surface area contributed by atoms with Gasteiger partial charge in [-0.25, -0.2) is 0 Å². The fourth-order valence-corrected chi connectivity index (χ4v) is 4.66. The van der Waals surface area contributed by atoms with Crippen molar-refractivity contribution in [1.29, 1.82) is 0 Å². The Bertz CT molecular complexity index is 1630. The maximum Gasteiger partial charge on any atom is 0.295 e. The van der Waals surface area contributed by atoms with Crippen LogP contribution in [-0.4, -0.2) is 5.91 Å². The molecule has 6 rings (SSSR count). The van der Waals surface area contributed by atoms with Gasteiger partial charge in [-0.3, -0.25) is 14.5 Å². The van der Waals surface area contributed by atoms with Crippen molar-refractivity contribution in [3.63, 3.8) is 0 Å². The molecule has 1 amide bonds. The number of para-hydroxylation sites is 2. The van der Waals surface area contributed by atoms with E-state index < -0.39 is 6.04 Å². The Kier molecular flexibility index (Phi) is 5.12. The molecule has 0 radical (unpaired) electrons. The third kappa shape index (κ3) is 3.66. The number of anilines is 1. The Morgan fingerprint density at radius 2 is 1.49 bits per heavy atom. The van der Waals surface area contributed by atoms with E-state index in [1.807, 2.05) is 84.9 Å². The third-order valence-corrected chi connectivity index (χ3v) is 6.25. The van der Waals surface area contributed by atoms with Crippen LogP contribution < -0.4 is 15.1 Å². The molecule has 0 bridgehead atoms. The van der Waals surface area contributed by atoms with Crippen LogP contribution in [0, 0.1) is 0 Å². The molecule has 0 saturated carbocycles. The molecule has 5 nitrogen and oxygen atoms in total. The highest BCUT2D eigenvalue weighted by Crippen LogP contribution is 2.42. The Morgan fingerprint density at radius 3 is 2.26 bits per heavy atom. The van der Waals surface area contributed by atoms with Gasteiger partial charge in [-0.2, -0.15) is 0 Å². The third-order valence-electron chi connectivity index (χ3n) is 6.02. The minimum atomic E-state index is -0.696. The van der Waals surface area contributed by atoms with Crippen LogP contribution in [0.4, 0.5) is 5.69 Å². The van der Waals surface area contributed by atoms with Crippen molar-refractivity contribution in [3.8, 4) is 11.5 Å². The SMILES string of the molecule is O=C1c2oc3ccc(Cl)cc3c(=O)c2C(c2cccc(Oc3ccccc3)c2)N1c1ccccc1. The molecule has 1 unspecified atom stereocenters. The molecular weight excluding hydrogens is 462 g/mol. The lowest BCUT2D eigenvalue weighted by molar-refractivity contribution is 0.0971. The van der Waals surface area contributed by atoms with Gasteiger partial charge in [0.05, 0.1) is 17.0 Å². The molecule has 170 valence electrons. The number of halogens is 1. The predicted octanol–water partition coefficient (Wildman–Crippen LogP) is 6.99. The highest BCUT2D eigenvalue weighted by molar-refractivity contribution is 6.31. The zero-order chi connectivity index (χ0) is 23.9. The van der Waals surface area contributed by atoms with Gasteiger partial charge in [0.15, 0.2) is 5.43 Å². The number of benzene rings is 4. The molecule has 0 fully saturated rings. The molecule has 35 heavy (non-hydrogen) atoms. The molecule has 4 aromatic carbocycles. The summed E-state index contributed by atoms with van der Waals surface area (Å²) in [5.74, 6) is 0.941. The van der Waals surface area contributed by atoms with Crippen molar-refractivity contribution in [2.24, 2.45) is 0 Å². The van der Waals surface area contributed by atoms with Crippen LogP contribution in [0.1, 0.15) is 27.7 Å². The van der Waals surface area contributed by atoms with E-state index in [0.29, 0.717) is 33.2 Å². The summed E-state index contributed by atoms with van der Waals surface area (Å²) < 4.78 is 12.0. The van der Waals surface area contributed by atoms with Crippen LogP contribution in [0.3, 0.4) is 0 Å². The molecule has 5 aromatic rings. The molecule has 1 atom stereocenters. The fourth-order valence-electron chi connectivity index (χ4n) is 4.49. The molecule has 1 aliphatic heterocycles. The smallest absolute Gasteiger partial charge is 0.295 e. The normalized spacial score (nSPS) is 14.8. The highest BCUT2D eigenvalue weighted by atomic mass is 35.5. The second-order valence-corrected chi connectivity index (χ2v) is 8.65. The lowest BCUT2D eigenvalue weighted by Crippen LogP contribution is -2.29. The molecular formula is C29H18ClNO4. The summed E-state index contributed by atoms with van der Waals surface area (Å²) in [7, 11) is 0. The molecule has 1 aromatic heterocycles. The first kappa shape index (κ1) is 21.2. The number of rotatable bonds is 4. The number of nitrogens with zero attached hydrogens (tertiary/aromatic N) is 1. The van der Waals surface area contributed by atoms with Crippen LogP contribution >= 0.6 is 11.6 Å². The Balaban J connectivity index is 1.56. The minimum Gasteiger partial charge on any atom is -0.457 e. The van der Waals surface area contributed by atoms with Crippen LogP contribution in [0.25, 0.3) is 11.0 Å². The topological polar surface area (TPSA) is 59.8 Å². The molecule has 0 aliphatic carbocycles. The van der Waals surface area contributed by atoms with Crippen molar-refractivity contribution < 1.29 is 13.9 Å². The van der Waals surface area contributed by atoms with E-state index in [-0.39, 0.29) is 22.7 Å². The van der Waals surface area contributed by atoms with Crippen molar-refractivity contribution >= 4 is 34.2 Å². The van der Waals surface area contributed by atoms with Crippen molar-refractivity contribution in [3.05, 3.63) is 135 Å². The summed E-state index contributed by atoms with van der Waals surface area (Å²) in [5.41, 5.74) is 1.70. The summed E-state index contributed by atoms with van der Waals surface area (Å²) in [4.78, 5) is 29.0. The minimum absolute atomic E-state index is 0.0352. The lowest BCUT2D eigenvalue weighted by Gasteiger charge is -2.25.